The van der Waals surface area contributed by atoms with Crippen LogP contribution < -0.4 is 5.32 Å². The van der Waals surface area contributed by atoms with E-state index in [2.05, 4.69) is 25.9 Å². The number of phenolic OH excluding ortho intramolecular Hbond substituents is 1. The van der Waals surface area contributed by atoms with Gasteiger partial charge in [0.15, 0.2) is 5.82 Å². The van der Waals surface area contributed by atoms with E-state index in [0.717, 1.165) is 30.4 Å². The zero-order chi connectivity index (χ0) is 18.4. The summed E-state index contributed by atoms with van der Waals surface area (Å²) in [6.07, 6.45) is 2.43. The SMILES string of the molecule is O=C(NCCCCc1cc(Cl)ccc1-c1nnn[nH]1)c1ccccc1O. The van der Waals surface area contributed by atoms with Crippen LogP contribution in [0.25, 0.3) is 11.4 Å². The molecule has 26 heavy (non-hydrogen) atoms. The molecule has 0 unspecified atom stereocenters. The average Bonchev–Trinajstić information content (AvgIpc) is 3.16. The number of aromatic nitrogens is 4. The molecule has 0 atom stereocenters. The second kappa shape index (κ2) is 8.44. The number of halogens is 1. The van der Waals surface area contributed by atoms with Crippen LogP contribution in [0.4, 0.5) is 0 Å². The maximum atomic E-state index is 12.0. The second-order valence-electron chi connectivity index (χ2n) is 5.78. The Balaban J connectivity index is 1.52. The number of aromatic hydroxyl groups is 1. The number of unbranched alkanes of at least 4 members (excludes halogenated alkanes) is 1. The van der Waals surface area contributed by atoms with Gasteiger partial charge in [0.05, 0.1) is 5.56 Å². The molecule has 0 saturated heterocycles. The highest BCUT2D eigenvalue weighted by atomic mass is 35.5. The number of nitrogens with zero attached hydrogens (tertiary/aromatic N) is 3. The van der Waals surface area contributed by atoms with E-state index in [1.165, 1.54) is 6.07 Å². The third-order valence-corrected chi connectivity index (χ3v) is 4.21. The van der Waals surface area contributed by atoms with Crippen molar-refractivity contribution in [2.75, 3.05) is 6.54 Å². The minimum absolute atomic E-state index is 0.0192. The highest BCUT2D eigenvalue weighted by Gasteiger charge is 2.11. The van der Waals surface area contributed by atoms with Crippen molar-refractivity contribution in [3.63, 3.8) is 0 Å². The summed E-state index contributed by atoms with van der Waals surface area (Å²) in [5, 5.41) is 27.1. The van der Waals surface area contributed by atoms with Crippen LogP contribution in [-0.2, 0) is 6.42 Å². The number of hydrogen-bond donors (Lipinski definition) is 3. The lowest BCUT2D eigenvalue weighted by molar-refractivity contribution is 0.0950. The molecule has 1 aromatic heterocycles. The summed E-state index contributed by atoms with van der Waals surface area (Å²) in [7, 11) is 0. The van der Waals surface area contributed by atoms with Gasteiger partial charge < -0.3 is 10.4 Å². The molecule has 134 valence electrons. The second-order valence-corrected chi connectivity index (χ2v) is 6.22. The molecule has 0 fully saturated rings. The van der Waals surface area contributed by atoms with Gasteiger partial charge in [-0.3, -0.25) is 4.79 Å². The molecule has 0 bridgehead atoms. The fraction of sp³-hybridized carbons (Fsp3) is 0.222. The number of aromatic amines is 1. The number of aryl methyl sites for hydroxylation is 1. The predicted octanol–water partition coefficient (Wildman–Crippen LogP) is 2.98. The number of tetrazole rings is 1. The third kappa shape index (κ3) is 4.37. The van der Waals surface area contributed by atoms with Gasteiger partial charge in [0, 0.05) is 17.1 Å². The molecule has 0 radical (unpaired) electrons. The van der Waals surface area contributed by atoms with Crippen molar-refractivity contribution >= 4 is 17.5 Å². The van der Waals surface area contributed by atoms with Crippen molar-refractivity contribution in [3.8, 4) is 17.1 Å². The van der Waals surface area contributed by atoms with Crippen LogP contribution in [0.3, 0.4) is 0 Å². The quantitative estimate of drug-likeness (QED) is 0.554. The summed E-state index contributed by atoms with van der Waals surface area (Å²) in [5.41, 5.74) is 2.24. The molecule has 0 spiro atoms. The summed E-state index contributed by atoms with van der Waals surface area (Å²) in [4.78, 5) is 12.0. The van der Waals surface area contributed by atoms with Gasteiger partial charge in [0.1, 0.15) is 5.75 Å². The number of carbonyl (C=O) groups excluding carboxylic acids is 1. The molecular weight excluding hydrogens is 354 g/mol. The monoisotopic (exact) mass is 371 g/mol. The molecular formula is C18H18ClN5O2. The Morgan fingerprint density at radius 1 is 1.19 bits per heavy atom. The molecule has 1 amide bonds. The highest BCUT2D eigenvalue weighted by Crippen LogP contribution is 2.24. The Hall–Kier alpha value is -2.93. The highest BCUT2D eigenvalue weighted by molar-refractivity contribution is 6.30. The van der Waals surface area contributed by atoms with Crippen LogP contribution >= 0.6 is 11.6 Å². The fourth-order valence-corrected chi connectivity index (χ4v) is 2.87. The molecule has 3 N–H and O–H groups in total. The van der Waals surface area contributed by atoms with Gasteiger partial charge >= 0.3 is 0 Å². The summed E-state index contributed by atoms with van der Waals surface area (Å²) in [5.74, 6) is 0.304. The van der Waals surface area contributed by atoms with E-state index >= 15 is 0 Å². The Morgan fingerprint density at radius 2 is 2.04 bits per heavy atom. The first kappa shape index (κ1) is 17.9. The van der Waals surface area contributed by atoms with E-state index in [-0.39, 0.29) is 17.2 Å². The number of carbonyl (C=O) groups is 1. The molecule has 3 rings (SSSR count). The third-order valence-electron chi connectivity index (χ3n) is 3.97. The van der Waals surface area contributed by atoms with Crippen molar-refractivity contribution in [2.24, 2.45) is 0 Å². The number of H-pyrrole nitrogens is 1. The van der Waals surface area contributed by atoms with E-state index in [1.807, 2.05) is 12.1 Å². The molecule has 8 heteroatoms. The van der Waals surface area contributed by atoms with Gasteiger partial charge in [-0.05, 0) is 65.6 Å². The summed E-state index contributed by atoms with van der Waals surface area (Å²) in [6, 6.07) is 12.1. The van der Waals surface area contributed by atoms with E-state index in [0.29, 0.717) is 17.4 Å². The molecule has 0 aliphatic carbocycles. The minimum Gasteiger partial charge on any atom is -0.507 e. The zero-order valence-corrected chi connectivity index (χ0v) is 14.7. The number of nitrogens with one attached hydrogen (secondary N) is 2. The van der Waals surface area contributed by atoms with Gasteiger partial charge in [0.2, 0.25) is 0 Å². The lowest BCUT2D eigenvalue weighted by Gasteiger charge is -2.09. The molecule has 0 aliphatic heterocycles. The summed E-state index contributed by atoms with van der Waals surface area (Å²) in [6.45, 7) is 0.521. The maximum absolute atomic E-state index is 12.0. The first-order valence-corrected chi connectivity index (χ1v) is 8.61. The van der Waals surface area contributed by atoms with Crippen LogP contribution in [-0.4, -0.2) is 38.2 Å². The van der Waals surface area contributed by atoms with Gasteiger partial charge in [-0.1, -0.05) is 23.7 Å². The Labute approximate surface area is 155 Å². The lowest BCUT2D eigenvalue weighted by atomic mass is 10.0. The van der Waals surface area contributed by atoms with Crippen molar-refractivity contribution in [1.29, 1.82) is 0 Å². The summed E-state index contributed by atoms with van der Waals surface area (Å²) >= 11 is 6.10. The van der Waals surface area contributed by atoms with E-state index in [1.54, 1.807) is 24.3 Å². The van der Waals surface area contributed by atoms with Gasteiger partial charge in [-0.2, -0.15) is 0 Å². The van der Waals surface area contributed by atoms with Crippen molar-refractivity contribution in [1.82, 2.24) is 25.9 Å². The number of hydrogen-bond acceptors (Lipinski definition) is 5. The van der Waals surface area contributed by atoms with Crippen LogP contribution in [0.5, 0.6) is 5.75 Å². The predicted molar refractivity (Wildman–Crippen MR) is 98.0 cm³/mol. The lowest BCUT2D eigenvalue weighted by Crippen LogP contribution is -2.24. The normalized spacial score (nSPS) is 10.7. The van der Waals surface area contributed by atoms with E-state index in [4.69, 9.17) is 11.6 Å². The van der Waals surface area contributed by atoms with Crippen LogP contribution in [0, 0.1) is 0 Å². The maximum Gasteiger partial charge on any atom is 0.255 e. The molecule has 0 saturated carbocycles. The Morgan fingerprint density at radius 3 is 2.81 bits per heavy atom. The number of amides is 1. The van der Waals surface area contributed by atoms with Crippen LogP contribution in [0.2, 0.25) is 5.02 Å². The van der Waals surface area contributed by atoms with Gasteiger partial charge in [-0.15, -0.1) is 5.10 Å². The number of para-hydroxylation sites is 1. The van der Waals surface area contributed by atoms with Crippen LogP contribution in [0.15, 0.2) is 42.5 Å². The largest absolute Gasteiger partial charge is 0.507 e. The fourth-order valence-electron chi connectivity index (χ4n) is 2.68. The molecule has 7 nitrogen and oxygen atoms in total. The Bertz CT molecular complexity index is 883. The standard InChI is InChI=1S/C18H18ClN5O2/c19-13-8-9-14(17-21-23-24-22-17)12(11-13)5-3-4-10-20-18(26)15-6-1-2-7-16(15)25/h1-2,6-9,11,25H,3-5,10H2,(H,20,26)(H,21,22,23,24). The summed E-state index contributed by atoms with van der Waals surface area (Å²) < 4.78 is 0. The number of phenols is 1. The van der Waals surface area contributed by atoms with Crippen molar-refractivity contribution in [2.45, 2.75) is 19.3 Å². The first-order valence-electron chi connectivity index (χ1n) is 8.24. The molecule has 3 aromatic rings. The first-order chi connectivity index (χ1) is 12.6. The smallest absolute Gasteiger partial charge is 0.255 e. The Kier molecular flexibility index (Phi) is 5.80. The van der Waals surface area contributed by atoms with Gasteiger partial charge in [-0.25, -0.2) is 5.10 Å². The number of benzene rings is 2. The topological polar surface area (TPSA) is 104 Å². The van der Waals surface area contributed by atoms with Gasteiger partial charge in [0.25, 0.3) is 5.91 Å². The molecule has 1 heterocycles. The van der Waals surface area contributed by atoms with E-state index < -0.39 is 0 Å². The van der Waals surface area contributed by atoms with E-state index in [9.17, 15) is 9.90 Å². The van der Waals surface area contributed by atoms with Crippen molar-refractivity contribution < 1.29 is 9.90 Å². The average molecular weight is 372 g/mol. The minimum atomic E-state index is -0.278. The van der Waals surface area contributed by atoms with Crippen LogP contribution in [0.1, 0.15) is 28.8 Å². The zero-order valence-electron chi connectivity index (χ0n) is 13.9. The number of rotatable bonds is 7. The van der Waals surface area contributed by atoms with Crippen molar-refractivity contribution in [3.05, 3.63) is 58.6 Å². The molecule has 2 aromatic carbocycles. The molecule has 0 aliphatic rings.